The molecule has 1 amide bonds. The first-order valence-corrected chi connectivity index (χ1v) is 8.43. The molecule has 1 aromatic rings. The molecule has 0 aromatic heterocycles. The minimum Gasteiger partial charge on any atom is -0.492 e. The molecule has 1 aliphatic rings. The molecule has 0 unspecified atom stereocenters. The first-order valence-electron chi connectivity index (χ1n) is 7.68. The molecule has 6 heteroatoms. The number of benzene rings is 1. The van der Waals surface area contributed by atoms with Crippen LogP contribution in [-0.2, 0) is 4.79 Å². The van der Waals surface area contributed by atoms with E-state index in [9.17, 15) is 4.79 Å². The van der Waals surface area contributed by atoms with Gasteiger partial charge in [-0.15, -0.1) is 0 Å². The van der Waals surface area contributed by atoms with Crippen molar-refractivity contribution in [3.8, 4) is 5.75 Å². The number of amides is 1. The molecule has 0 aliphatic heterocycles. The van der Waals surface area contributed by atoms with Crippen LogP contribution in [-0.4, -0.2) is 24.6 Å². The number of halogens is 2. The fourth-order valence-electron chi connectivity index (χ4n) is 2.57. The van der Waals surface area contributed by atoms with Gasteiger partial charge in [0.1, 0.15) is 10.8 Å². The second kappa shape index (κ2) is 8.61. The molecule has 0 heterocycles. The average molecular weight is 345 g/mol. The number of hydrogen-bond acceptors (Lipinski definition) is 3. The quantitative estimate of drug-likeness (QED) is 0.775. The van der Waals surface area contributed by atoms with Gasteiger partial charge in [0.05, 0.1) is 11.6 Å². The SMILES string of the molecule is NC1CCC(NC(=O)CCCOc2cccc(Cl)c2Cl)CC1. The van der Waals surface area contributed by atoms with Crippen LogP contribution in [0.5, 0.6) is 5.75 Å². The van der Waals surface area contributed by atoms with Gasteiger partial charge >= 0.3 is 0 Å². The van der Waals surface area contributed by atoms with Crippen LogP contribution in [0.25, 0.3) is 0 Å². The van der Waals surface area contributed by atoms with Crippen LogP contribution in [0.4, 0.5) is 0 Å². The van der Waals surface area contributed by atoms with Crippen molar-refractivity contribution in [2.24, 2.45) is 5.73 Å². The number of hydrogen-bond donors (Lipinski definition) is 2. The summed E-state index contributed by atoms with van der Waals surface area (Å²) in [5.74, 6) is 0.622. The second-order valence-electron chi connectivity index (χ2n) is 5.68. The lowest BCUT2D eigenvalue weighted by atomic mass is 9.92. The van der Waals surface area contributed by atoms with Crippen LogP contribution in [0, 0.1) is 0 Å². The van der Waals surface area contributed by atoms with E-state index in [0.717, 1.165) is 25.7 Å². The maximum Gasteiger partial charge on any atom is 0.220 e. The Balaban J connectivity index is 1.64. The molecule has 1 saturated carbocycles. The van der Waals surface area contributed by atoms with Crippen molar-refractivity contribution in [1.82, 2.24) is 5.32 Å². The highest BCUT2D eigenvalue weighted by atomic mass is 35.5. The number of rotatable bonds is 6. The zero-order chi connectivity index (χ0) is 15.9. The fourth-order valence-corrected chi connectivity index (χ4v) is 2.92. The van der Waals surface area contributed by atoms with E-state index in [-0.39, 0.29) is 11.9 Å². The smallest absolute Gasteiger partial charge is 0.220 e. The van der Waals surface area contributed by atoms with Crippen molar-refractivity contribution < 1.29 is 9.53 Å². The Hall–Kier alpha value is -0.970. The van der Waals surface area contributed by atoms with Crippen LogP contribution >= 0.6 is 23.2 Å². The predicted octanol–water partition coefficient (Wildman–Crippen LogP) is 3.54. The fraction of sp³-hybridized carbons (Fsp3) is 0.562. The number of nitrogens with one attached hydrogen (secondary N) is 1. The van der Waals surface area contributed by atoms with Crippen LogP contribution in [0.15, 0.2) is 18.2 Å². The molecule has 3 N–H and O–H groups in total. The number of nitrogens with two attached hydrogens (primary N) is 1. The molecule has 0 spiro atoms. The zero-order valence-electron chi connectivity index (χ0n) is 12.5. The summed E-state index contributed by atoms with van der Waals surface area (Å²) in [5.41, 5.74) is 5.85. The molecule has 2 rings (SSSR count). The number of ether oxygens (including phenoxy) is 1. The van der Waals surface area contributed by atoms with Gasteiger partial charge in [0.2, 0.25) is 5.91 Å². The standard InChI is InChI=1S/C16H22Cl2N2O2/c17-13-3-1-4-14(16(13)18)22-10-2-5-15(21)20-12-8-6-11(19)7-9-12/h1,3-4,11-12H,2,5-10,19H2,(H,20,21). The minimum atomic E-state index is 0.0706. The molecular weight excluding hydrogens is 323 g/mol. The summed E-state index contributed by atoms with van der Waals surface area (Å²) >= 11 is 11.9. The third-order valence-electron chi connectivity index (χ3n) is 3.86. The maximum absolute atomic E-state index is 11.9. The molecular formula is C16H22Cl2N2O2. The Morgan fingerprint density at radius 2 is 2.00 bits per heavy atom. The number of carbonyl (C=O) groups excluding carboxylic acids is 1. The van der Waals surface area contributed by atoms with Crippen molar-refractivity contribution in [2.45, 2.75) is 50.6 Å². The molecule has 4 nitrogen and oxygen atoms in total. The van der Waals surface area contributed by atoms with E-state index in [1.807, 2.05) is 0 Å². The van der Waals surface area contributed by atoms with E-state index >= 15 is 0 Å². The topological polar surface area (TPSA) is 64.3 Å². The van der Waals surface area contributed by atoms with E-state index in [4.69, 9.17) is 33.7 Å². The van der Waals surface area contributed by atoms with E-state index in [1.54, 1.807) is 18.2 Å². The van der Waals surface area contributed by atoms with Gasteiger partial charge in [-0.1, -0.05) is 29.3 Å². The lowest BCUT2D eigenvalue weighted by molar-refractivity contribution is -0.122. The normalized spacial score (nSPS) is 21.4. The largest absolute Gasteiger partial charge is 0.492 e. The van der Waals surface area contributed by atoms with E-state index in [2.05, 4.69) is 5.32 Å². The van der Waals surface area contributed by atoms with E-state index in [1.165, 1.54) is 0 Å². The third-order valence-corrected chi connectivity index (χ3v) is 4.66. The highest BCUT2D eigenvalue weighted by Crippen LogP contribution is 2.31. The predicted molar refractivity (Wildman–Crippen MR) is 89.6 cm³/mol. The van der Waals surface area contributed by atoms with Gasteiger partial charge in [-0.3, -0.25) is 4.79 Å². The summed E-state index contributed by atoms with van der Waals surface area (Å²) in [6.45, 7) is 0.434. The Kier molecular flexibility index (Phi) is 6.80. The van der Waals surface area contributed by atoms with Crippen LogP contribution < -0.4 is 15.8 Å². The zero-order valence-corrected chi connectivity index (χ0v) is 14.0. The summed E-state index contributed by atoms with van der Waals surface area (Å²) in [7, 11) is 0. The molecule has 122 valence electrons. The highest BCUT2D eigenvalue weighted by Gasteiger charge is 2.19. The van der Waals surface area contributed by atoms with E-state index < -0.39 is 0 Å². The summed E-state index contributed by atoms with van der Waals surface area (Å²) < 4.78 is 5.56. The lowest BCUT2D eigenvalue weighted by Gasteiger charge is -2.26. The van der Waals surface area contributed by atoms with Crippen molar-refractivity contribution in [3.05, 3.63) is 28.2 Å². The van der Waals surface area contributed by atoms with Crippen LogP contribution in [0.1, 0.15) is 38.5 Å². The molecule has 0 radical (unpaired) electrons. The monoisotopic (exact) mass is 344 g/mol. The van der Waals surface area contributed by atoms with Gasteiger partial charge in [0.25, 0.3) is 0 Å². The Morgan fingerprint density at radius 1 is 1.27 bits per heavy atom. The van der Waals surface area contributed by atoms with Crippen molar-refractivity contribution in [3.63, 3.8) is 0 Å². The van der Waals surface area contributed by atoms with Gasteiger partial charge in [0, 0.05) is 18.5 Å². The Labute approximate surface area is 141 Å². The van der Waals surface area contributed by atoms with Gasteiger partial charge in [0.15, 0.2) is 0 Å². The van der Waals surface area contributed by atoms with Crippen molar-refractivity contribution >= 4 is 29.1 Å². The second-order valence-corrected chi connectivity index (χ2v) is 6.47. The Morgan fingerprint density at radius 3 is 2.73 bits per heavy atom. The summed E-state index contributed by atoms with van der Waals surface area (Å²) in [6, 6.07) is 5.82. The van der Waals surface area contributed by atoms with Crippen molar-refractivity contribution in [2.75, 3.05) is 6.61 Å². The van der Waals surface area contributed by atoms with E-state index in [0.29, 0.717) is 41.3 Å². The summed E-state index contributed by atoms with van der Waals surface area (Å²) in [4.78, 5) is 11.9. The molecule has 22 heavy (non-hydrogen) atoms. The molecule has 1 aliphatic carbocycles. The first kappa shape index (κ1) is 17.4. The Bertz CT molecular complexity index is 503. The van der Waals surface area contributed by atoms with Crippen LogP contribution in [0.3, 0.4) is 0 Å². The summed E-state index contributed by atoms with van der Waals surface area (Å²) in [5, 5.41) is 3.94. The van der Waals surface area contributed by atoms with Gasteiger partial charge in [-0.05, 0) is 44.2 Å². The molecule has 0 saturated heterocycles. The van der Waals surface area contributed by atoms with Crippen molar-refractivity contribution in [1.29, 1.82) is 0 Å². The highest BCUT2D eigenvalue weighted by molar-refractivity contribution is 6.42. The van der Waals surface area contributed by atoms with Gasteiger partial charge < -0.3 is 15.8 Å². The molecule has 1 fully saturated rings. The number of carbonyl (C=O) groups is 1. The van der Waals surface area contributed by atoms with Gasteiger partial charge in [-0.2, -0.15) is 0 Å². The molecule has 0 atom stereocenters. The third kappa shape index (κ3) is 5.34. The van der Waals surface area contributed by atoms with Gasteiger partial charge in [-0.25, -0.2) is 0 Å². The molecule has 1 aromatic carbocycles. The summed E-state index contributed by atoms with van der Waals surface area (Å²) in [6.07, 6.45) is 5.01. The minimum absolute atomic E-state index is 0.0706. The van der Waals surface area contributed by atoms with Crippen LogP contribution in [0.2, 0.25) is 10.0 Å². The lowest BCUT2D eigenvalue weighted by Crippen LogP contribution is -2.40. The average Bonchev–Trinajstić information content (AvgIpc) is 2.50. The first-order chi connectivity index (χ1) is 10.6. The maximum atomic E-state index is 11.9. The molecule has 0 bridgehead atoms.